The van der Waals surface area contributed by atoms with E-state index < -0.39 is 23.0 Å². The molecule has 2 aromatic heterocycles. The summed E-state index contributed by atoms with van der Waals surface area (Å²) in [5.41, 5.74) is -0.429. The minimum absolute atomic E-state index is 0.0160. The summed E-state index contributed by atoms with van der Waals surface area (Å²) < 4.78 is 27.0. The number of aryl methyl sites for hydroxylation is 1. The van der Waals surface area contributed by atoms with E-state index in [4.69, 9.17) is 0 Å². The van der Waals surface area contributed by atoms with E-state index in [1.54, 1.807) is 25.1 Å². The van der Waals surface area contributed by atoms with Crippen molar-refractivity contribution in [2.24, 2.45) is 0 Å². The molecular weight excluding hydrogens is 304 g/mol. The van der Waals surface area contributed by atoms with E-state index in [0.717, 1.165) is 12.3 Å². The maximum atomic E-state index is 13.8. The van der Waals surface area contributed by atoms with Crippen molar-refractivity contribution >= 4 is 22.6 Å². The highest BCUT2D eigenvalue weighted by molar-refractivity contribution is 6.05. The van der Waals surface area contributed by atoms with Gasteiger partial charge in [-0.15, -0.1) is 0 Å². The van der Waals surface area contributed by atoms with Gasteiger partial charge in [0.15, 0.2) is 0 Å². The molecular formula is C16H11F2N3O2. The highest BCUT2D eigenvalue weighted by Gasteiger charge is 2.17. The zero-order valence-electron chi connectivity index (χ0n) is 12.0. The number of nitrogens with zero attached hydrogens (tertiary/aromatic N) is 1. The van der Waals surface area contributed by atoms with Crippen molar-refractivity contribution < 1.29 is 13.6 Å². The number of hydrogen-bond acceptors (Lipinski definition) is 3. The van der Waals surface area contributed by atoms with Crippen molar-refractivity contribution in [1.82, 2.24) is 9.97 Å². The fourth-order valence-electron chi connectivity index (χ4n) is 2.23. The Hall–Kier alpha value is -3.09. The average molecular weight is 315 g/mol. The lowest BCUT2D eigenvalue weighted by atomic mass is 10.1. The maximum absolute atomic E-state index is 13.8. The molecule has 0 aliphatic carbocycles. The van der Waals surface area contributed by atoms with Crippen LogP contribution in [0.3, 0.4) is 0 Å². The molecule has 116 valence electrons. The Morgan fingerprint density at radius 1 is 1.26 bits per heavy atom. The van der Waals surface area contributed by atoms with Crippen LogP contribution in [-0.2, 0) is 0 Å². The van der Waals surface area contributed by atoms with Crippen LogP contribution in [0.1, 0.15) is 16.1 Å². The van der Waals surface area contributed by atoms with Gasteiger partial charge in [0.1, 0.15) is 23.0 Å². The van der Waals surface area contributed by atoms with Crippen molar-refractivity contribution in [3.05, 3.63) is 69.6 Å². The number of H-pyrrole nitrogens is 1. The Morgan fingerprint density at radius 2 is 2.04 bits per heavy atom. The largest absolute Gasteiger partial charge is 0.360 e. The minimum Gasteiger partial charge on any atom is -0.360 e. The predicted molar refractivity (Wildman–Crippen MR) is 81.4 cm³/mol. The number of nitrogens with one attached hydrogen (secondary N) is 2. The Kier molecular flexibility index (Phi) is 3.61. The summed E-state index contributed by atoms with van der Waals surface area (Å²) in [4.78, 5) is 31.1. The summed E-state index contributed by atoms with van der Waals surface area (Å²) in [6.07, 6.45) is 1.12. The quantitative estimate of drug-likeness (QED) is 0.763. The molecule has 3 rings (SSSR count). The molecule has 0 saturated carbocycles. The molecule has 7 heteroatoms. The van der Waals surface area contributed by atoms with Gasteiger partial charge in [-0.3, -0.25) is 9.59 Å². The normalized spacial score (nSPS) is 10.7. The first kappa shape index (κ1) is 14.8. The number of carbonyl (C=O) groups is 1. The highest BCUT2D eigenvalue weighted by Crippen LogP contribution is 2.15. The fourth-order valence-corrected chi connectivity index (χ4v) is 2.23. The monoisotopic (exact) mass is 315 g/mol. The number of aromatic amines is 1. The standard InChI is InChI=1S/C16H11F2N3O2/c1-8-3-2-4-13(20-8)21-16(23)10-7-19-12-6-9(17)5-11(18)14(12)15(10)22/h2-7H,1H3,(H,19,22)(H,20,21,23). The van der Waals surface area contributed by atoms with Crippen molar-refractivity contribution in [3.63, 3.8) is 0 Å². The Balaban J connectivity index is 2.05. The molecule has 0 aliphatic rings. The molecule has 0 saturated heterocycles. The molecule has 5 nitrogen and oxygen atoms in total. The first-order valence-corrected chi connectivity index (χ1v) is 6.71. The Bertz CT molecular complexity index is 983. The number of anilines is 1. The summed E-state index contributed by atoms with van der Waals surface area (Å²) in [5.74, 6) is -2.29. The Morgan fingerprint density at radius 3 is 2.78 bits per heavy atom. The number of amides is 1. The van der Waals surface area contributed by atoms with Gasteiger partial charge in [-0.25, -0.2) is 13.8 Å². The fraction of sp³-hybridized carbons (Fsp3) is 0.0625. The van der Waals surface area contributed by atoms with Crippen molar-refractivity contribution in [2.75, 3.05) is 5.32 Å². The summed E-state index contributed by atoms with van der Waals surface area (Å²) in [6.45, 7) is 1.75. The topological polar surface area (TPSA) is 74.8 Å². The van der Waals surface area contributed by atoms with E-state index in [0.29, 0.717) is 11.8 Å². The zero-order chi connectivity index (χ0) is 16.6. The number of hydrogen-bond donors (Lipinski definition) is 2. The van der Waals surface area contributed by atoms with E-state index >= 15 is 0 Å². The molecule has 0 aliphatic heterocycles. The van der Waals surface area contributed by atoms with Crippen LogP contribution in [0.4, 0.5) is 14.6 Å². The van der Waals surface area contributed by atoms with Crippen molar-refractivity contribution in [3.8, 4) is 0 Å². The summed E-state index contributed by atoms with van der Waals surface area (Å²) in [7, 11) is 0. The molecule has 23 heavy (non-hydrogen) atoms. The molecule has 0 radical (unpaired) electrons. The van der Waals surface area contributed by atoms with Crippen LogP contribution in [0.25, 0.3) is 10.9 Å². The molecule has 3 aromatic rings. The van der Waals surface area contributed by atoms with Gasteiger partial charge in [-0.2, -0.15) is 0 Å². The van der Waals surface area contributed by atoms with Crippen LogP contribution < -0.4 is 10.7 Å². The van der Waals surface area contributed by atoms with E-state index in [9.17, 15) is 18.4 Å². The van der Waals surface area contributed by atoms with Crippen molar-refractivity contribution in [2.45, 2.75) is 6.92 Å². The zero-order valence-corrected chi connectivity index (χ0v) is 12.0. The first-order valence-electron chi connectivity index (χ1n) is 6.71. The maximum Gasteiger partial charge on any atom is 0.262 e. The number of rotatable bonds is 2. The van der Waals surface area contributed by atoms with Gasteiger partial charge in [0.2, 0.25) is 5.43 Å². The predicted octanol–water partition coefficient (Wildman–Crippen LogP) is 2.76. The third-order valence-electron chi connectivity index (χ3n) is 3.27. The van der Waals surface area contributed by atoms with Crippen LogP contribution in [0.2, 0.25) is 0 Å². The third kappa shape index (κ3) is 2.80. The molecule has 2 heterocycles. The SMILES string of the molecule is Cc1cccc(NC(=O)c2c[nH]c3cc(F)cc(F)c3c2=O)n1. The lowest BCUT2D eigenvalue weighted by Gasteiger charge is -2.06. The lowest BCUT2D eigenvalue weighted by molar-refractivity contribution is 0.102. The molecule has 1 aromatic carbocycles. The number of halogens is 2. The number of aromatic nitrogens is 2. The number of pyridine rings is 2. The first-order chi connectivity index (χ1) is 11.0. The smallest absolute Gasteiger partial charge is 0.262 e. The van der Waals surface area contributed by atoms with Crippen LogP contribution in [0.15, 0.2) is 41.3 Å². The molecule has 0 fully saturated rings. The lowest BCUT2D eigenvalue weighted by Crippen LogP contribution is -2.23. The molecule has 1 amide bonds. The molecule has 0 unspecified atom stereocenters. The van der Waals surface area contributed by atoms with E-state index in [1.165, 1.54) is 0 Å². The second-order valence-electron chi connectivity index (χ2n) is 4.96. The number of benzene rings is 1. The van der Waals surface area contributed by atoms with Crippen molar-refractivity contribution in [1.29, 1.82) is 0 Å². The van der Waals surface area contributed by atoms with Gasteiger partial charge >= 0.3 is 0 Å². The molecule has 0 bridgehead atoms. The molecule has 2 N–H and O–H groups in total. The van der Waals surface area contributed by atoms with Gasteiger partial charge < -0.3 is 10.3 Å². The average Bonchev–Trinajstić information content (AvgIpc) is 2.46. The van der Waals surface area contributed by atoms with Crippen LogP contribution in [0, 0.1) is 18.6 Å². The molecule has 0 spiro atoms. The van der Waals surface area contributed by atoms with Crippen LogP contribution in [0.5, 0.6) is 0 Å². The van der Waals surface area contributed by atoms with E-state index in [1.807, 2.05) is 0 Å². The van der Waals surface area contributed by atoms with Gasteiger partial charge in [0.25, 0.3) is 5.91 Å². The number of carbonyl (C=O) groups excluding carboxylic acids is 1. The second-order valence-corrected chi connectivity index (χ2v) is 4.96. The Labute approximate surface area is 129 Å². The van der Waals surface area contributed by atoms with Gasteiger partial charge in [0, 0.05) is 18.0 Å². The molecule has 0 atom stereocenters. The summed E-state index contributed by atoms with van der Waals surface area (Å²) in [6, 6.07) is 6.61. The third-order valence-corrected chi connectivity index (χ3v) is 3.27. The number of fused-ring (bicyclic) bond motifs is 1. The van der Waals surface area contributed by atoms with Gasteiger partial charge in [-0.1, -0.05) is 6.07 Å². The van der Waals surface area contributed by atoms with Gasteiger partial charge in [-0.05, 0) is 25.1 Å². The second kappa shape index (κ2) is 5.60. The highest BCUT2D eigenvalue weighted by atomic mass is 19.1. The van der Waals surface area contributed by atoms with Crippen LogP contribution >= 0.6 is 0 Å². The van der Waals surface area contributed by atoms with Gasteiger partial charge in [0.05, 0.1) is 10.9 Å². The van der Waals surface area contributed by atoms with E-state index in [2.05, 4.69) is 15.3 Å². The summed E-state index contributed by atoms with van der Waals surface area (Å²) >= 11 is 0. The van der Waals surface area contributed by atoms with Crippen LogP contribution in [-0.4, -0.2) is 15.9 Å². The minimum atomic E-state index is -1.02. The van der Waals surface area contributed by atoms with E-state index in [-0.39, 0.29) is 22.3 Å². The summed E-state index contributed by atoms with van der Waals surface area (Å²) in [5, 5.41) is 2.10.